The number of thiazole rings is 1. The van der Waals surface area contributed by atoms with Crippen LogP contribution in [0.15, 0.2) is 87.1 Å². The molecule has 3 aromatic carbocycles. The molecule has 0 aliphatic rings. The average Bonchev–Trinajstić information content (AvgIpc) is 3.27. The summed E-state index contributed by atoms with van der Waals surface area (Å²) in [6.45, 7) is 4.48. The van der Waals surface area contributed by atoms with E-state index in [0.29, 0.717) is 22.7 Å². The highest BCUT2D eigenvalue weighted by molar-refractivity contribution is 7.22. The van der Waals surface area contributed by atoms with Crippen molar-refractivity contribution in [3.63, 3.8) is 0 Å². The summed E-state index contributed by atoms with van der Waals surface area (Å²) in [7, 11) is 0. The van der Waals surface area contributed by atoms with E-state index in [4.69, 9.17) is 9.15 Å². The molecule has 8 heteroatoms. The van der Waals surface area contributed by atoms with Crippen molar-refractivity contribution in [1.29, 1.82) is 0 Å². The Kier molecular flexibility index (Phi) is 6.12. The Bertz CT molecular complexity index is 1620. The van der Waals surface area contributed by atoms with E-state index in [1.165, 1.54) is 17.4 Å². The molecule has 35 heavy (non-hydrogen) atoms. The number of ether oxygens (including phenoxy) is 1. The molecule has 0 aliphatic carbocycles. The standard InChI is InChI=1S/C27H21N3O4S/c1-3-33-20-11-9-18(10-12-20)16-28-30(27-29-22-13-8-17(2)14-24(22)35-27)25(31)21-15-19-6-4-5-7-23(19)34-26(21)32/h4-16H,3H2,1-2H3/b28-16+. The summed E-state index contributed by atoms with van der Waals surface area (Å²) >= 11 is 1.32. The molecule has 2 aromatic heterocycles. The van der Waals surface area contributed by atoms with Crippen molar-refractivity contribution in [2.45, 2.75) is 13.8 Å². The minimum Gasteiger partial charge on any atom is -0.494 e. The maximum atomic E-state index is 13.6. The Labute approximate surface area is 204 Å². The Balaban J connectivity index is 1.57. The number of aromatic nitrogens is 1. The van der Waals surface area contributed by atoms with Gasteiger partial charge in [-0.3, -0.25) is 4.79 Å². The van der Waals surface area contributed by atoms with Gasteiger partial charge in [0.25, 0.3) is 5.91 Å². The maximum Gasteiger partial charge on any atom is 0.349 e. The number of benzene rings is 3. The lowest BCUT2D eigenvalue weighted by Crippen LogP contribution is -2.30. The first-order valence-corrected chi connectivity index (χ1v) is 11.8. The van der Waals surface area contributed by atoms with Crippen LogP contribution in [-0.4, -0.2) is 23.7 Å². The van der Waals surface area contributed by atoms with E-state index in [-0.39, 0.29) is 5.56 Å². The van der Waals surface area contributed by atoms with Crippen LogP contribution in [0.4, 0.5) is 5.13 Å². The van der Waals surface area contributed by atoms with Gasteiger partial charge in [-0.25, -0.2) is 9.78 Å². The lowest BCUT2D eigenvalue weighted by Gasteiger charge is -2.13. The molecule has 7 nitrogen and oxygen atoms in total. The molecule has 0 saturated carbocycles. The van der Waals surface area contributed by atoms with Gasteiger partial charge in [0, 0.05) is 5.39 Å². The number of rotatable bonds is 6. The minimum atomic E-state index is -0.730. The molecule has 0 bridgehead atoms. The molecule has 0 fully saturated rings. The molecule has 5 aromatic rings. The van der Waals surface area contributed by atoms with Crippen molar-refractivity contribution in [2.24, 2.45) is 5.10 Å². The predicted molar refractivity (Wildman–Crippen MR) is 139 cm³/mol. The highest BCUT2D eigenvalue weighted by Crippen LogP contribution is 2.31. The molecule has 0 spiro atoms. The minimum absolute atomic E-state index is 0.122. The number of para-hydroxylation sites is 1. The number of carbonyl (C=O) groups excluding carboxylic acids is 1. The van der Waals surface area contributed by atoms with Gasteiger partial charge in [0.05, 0.1) is 23.0 Å². The van der Waals surface area contributed by atoms with Crippen LogP contribution in [0.5, 0.6) is 5.75 Å². The van der Waals surface area contributed by atoms with E-state index in [1.807, 2.05) is 62.4 Å². The monoisotopic (exact) mass is 483 g/mol. The number of aryl methyl sites for hydroxylation is 1. The number of carbonyl (C=O) groups is 1. The highest BCUT2D eigenvalue weighted by atomic mass is 32.1. The second-order valence-corrected chi connectivity index (χ2v) is 8.83. The fraction of sp³-hybridized carbons (Fsp3) is 0.111. The molecule has 0 unspecified atom stereocenters. The Morgan fingerprint density at radius 1 is 1.11 bits per heavy atom. The van der Waals surface area contributed by atoms with Crippen molar-refractivity contribution < 1.29 is 13.9 Å². The first-order chi connectivity index (χ1) is 17.0. The predicted octanol–water partition coefficient (Wildman–Crippen LogP) is 5.79. The van der Waals surface area contributed by atoms with Crippen molar-refractivity contribution in [3.8, 4) is 5.75 Å². The molecule has 5 rings (SSSR count). The van der Waals surface area contributed by atoms with Gasteiger partial charge in [-0.2, -0.15) is 10.1 Å². The van der Waals surface area contributed by atoms with Gasteiger partial charge in [-0.15, -0.1) is 0 Å². The number of fused-ring (bicyclic) bond motifs is 2. The van der Waals surface area contributed by atoms with Crippen LogP contribution in [0.2, 0.25) is 0 Å². The third kappa shape index (κ3) is 4.69. The molecule has 174 valence electrons. The zero-order valence-corrected chi connectivity index (χ0v) is 19.9. The van der Waals surface area contributed by atoms with E-state index in [2.05, 4.69) is 10.1 Å². The number of anilines is 1. The highest BCUT2D eigenvalue weighted by Gasteiger charge is 2.25. The van der Waals surface area contributed by atoms with Crippen LogP contribution in [0, 0.1) is 6.92 Å². The van der Waals surface area contributed by atoms with Gasteiger partial charge >= 0.3 is 5.63 Å². The molecule has 0 atom stereocenters. The normalized spacial score (nSPS) is 11.4. The van der Waals surface area contributed by atoms with Gasteiger partial charge in [0.2, 0.25) is 5.13 Å². The second-order valence-electron chi connectivity index (χ2n) is 7.82. The van der Waals surface area contributed by atoms with Crippen LogP contribution >= 0.6 is 11.3 Å². The number of hydrogen-bond acceptors (Lipinski definition) is 7. The Hall–Kier alpha value is -4.30. The lowest BCUT2D eigenvalue weighted by molar-refractivity contribution is 0.0984. The van der Waals surface area contributed by atoms with Crippen molar-refractivity contribution in [3.05, 3.63) is 99.9 Å². The maximum absolute atomic E-state index is 13.6. The molecule has 0 saturated heterocycles. The molecule has 0 radical (unpaired) electrons. The Morgan fingerprint density at radius 3 is 2.71 bits per heavy atom. The van der Waals surface area contributed by atoms with E-state index in [1.54, 1.807) is 24.4 Å². The van der Waals surface area contributed by atoms with Crippen LogP contribution < -0.4 is 15.4 Å². The van der Waals surface area contributed by atoms with Crippen LogP contribution in [0.1, 0.15) is 28.4 Å². The fourth-order valence-electron chi connectivity index (χ4n) is 3.57. The summed E-state index contributed by atoms with van der Waals surface area (Å²) in [5.74, 6) is 0.121. The largest absolute Gasteiger partial charge is 0.494 e. The van der Waals surface area contributed by atoms with E-state index in [0.717, 1.165) is 32.1 Å². The molecular formula is C27H21N3O4S. The average molecular weight is 484 g/mol. The smallest absolute Gasteiger partial charge is 0.349 e. The summed E-state index contributed by atoms with van der Waals surface area (Å²) in [4.78, 5) is 30.9. The van der Waals surface area contributed by atoms with E-state index < -0.39 is 11.5 Å². The third-order valence-corrected chi connectivity index (χ3v) is 6.29. The number of hydrogen-bond donors (Lipinski definition) is 0. The van der Waals surface area contributed by atoms with Crippen molar-refractivity contribution in [1.82, 2.24) is 4.98 Å². The van der Waals surface area contributed by atoms with Crippen LogP contribution in [0.3, 0.4) is 0 Å². The topological polar surface area (TPSA) is 85.0 Å². The van der Waals surface area contributed by atoms with Crippen LogP contribution in [-0.2, 0) is 0 Å². The summed E-state index contributed by atoms with van der Waals surface area (Å²) in [6, 6.07) is 21.8. The molecule has 0 N–H and O–H groups in total. The summed E-state index contributed by atoms with van der Waals surface area (Å²) in [5, 5.41) is 6.59. The molecular weight excluding hydrogens is 462 g/mol. The second kappa shape index (κ2) is 9.52. The first-order valence-electron chi connectivity index (χ1n) is 11.0. The Morgan fingerprint density at radius 2 is 1.91 bits per heavy atom. The van der Waals surface area contributed by atoms with Gasteiger partial charge in [0.1, 0.15) is 16.9 Å². The number of amides is 1. The van der Waals surface area contributed by atoms with Crippen molar-refractivity contribution >= 4 is 49.8 Å². The molecule has 1 amide bonds. The lowest BCUT2D eigenvalue weighted by atomic mass is 10.2. The quantitative estimate of drug-likeness (QED) is 0.173. The summed E-state index contributed by atoms with van der Waals surface area (Å²) in [5.41, 5.74) is 2.14. The third-order valence-electron chi connectivity index (χ3n) is 5.29. The van der Waals surface area contributed by atoms with E-state index in [9.17, 15) is 9.59 Å². The van der Waals surface area contributed by atoms with Gasteiger partial charge in [-0.1, -0.05) is 35.6 Å². The number of hydrazone groups is 1. The summed E-state index contributed by atoms with van der Waals surface area (Å²) in [6.07, 6.45) is 1.55. The zero-order valence-electron chi connectivity index (χ0n) is 19.1. The van der Waals surface area contributed by atoms with E-state index >= 15 is 0 Å². The van der Waals surface area contributed by atoms with Gasteiger partial charge in [-0.05, 0) is 73.5 Å². The number of nitrogens with zero attached hydrogens (tertiary/aromatic N) is 3. The van der Waals surface area contributed by atoms with Crippen LogP contribution in [0.25, 0.3) is 21.2 Å². The zero-order chi connectivity index (χ0) is 24.4. The fourth-order valence-corrected chi connectivity index (χ4v) is 4.59. The summed E-state index contributed by atoms with van der Waals surface area (Å²) < 4.78 is 11.8. The molecule has 2 heterocycles. The molecule has 0 aliphatic heterocycles. The van der Waals surface area contributed by atoms with Gasteiger partial charge < -0.3 is 9.15 Å². The SMILES string of the molecule is CCOc1ccc(/C=N/N(C(=O)c2cc3ccccc3oc2=O)c2nc3ccc(C)cc3s2)cc1. The first kappa shape index (κ1) is 22.5. The van der Waals surface area contributed by atoms with Gasteiger partial charge in [0.15, 0.2) is 0 Å². The van der Waals surface area contributed by atoms with Crippen molar-refractivity contribution in [2.75, 3.05) is 11.6 Å².